The van der Waals surface area contributed by atoms with Gasteiger partial charge in [-0.25, -0.2) is 0 Å². The summed E-state index contributed by atoms with van der Waals surface area (Å²) in [6, 6.07) is 0. The van der Waals surface area contributed by atoms with Gasteiger partial charge in [-0.1, -0.05) is 88.0 Å². The summed E-state index contributed by atoms with van der Waals surface area (Å²) in [6.07, 6.45) is 10.0. The molecule has 0 unspecified atom stereocenters. The zero-order valence-corrected chi connectivity index (χ0v) is 19.5. The summed E-state index contributed by atoms with van der Waals surface area (Å²) in [6.45, 7) is 21.1. The topological polar surface area (TPSA) is 26.3 Å². The number of esters is 1. The Morgan fingerprint density at radius 2 is 1.15 bits per heavy atom. The monoisotopic (exact) mass is 368 g/mol. The molecule has 0 aromatic rings. The van der Waals surface area contributed by atoms with Crippen molar-refractivity contribution in [3.63, 3.8) is 0 Å². The second kappa shape index (κ2) is 11.3. The van der Waals surface area contributed by atoms with E-state index in [1.165, 1.54) is 25.7 Å². The first-order valence-corrected chi connectivity index (χ1v) is 10.8. The number of unbranched alkanes of at least 4 members (excludes halogenated alkanes) is 4. The molecule has 0 fully saturated rings. The Morgan fingerprint density at radius 1 is 0.692 bits per heavy atom. The first kappa shape index (κ1) is 25.5. The highest BCUT2D eigenvalue weighted by molar-refractivity contribution is 5.69. The van der Waals surface area contributed by atoms with Crippen LogP contribution in [0.5, 0.6) is 0 Å². The average Bonchev–Trinajstić information content (AvgIpc) is 2.39. The van der Waals surface area contributed by atoms with E-state index in [0.29, 0.717) is 24.4 Å². The average molecular weight is 369 g/mol. The van der Waals surface area contributed by atoms with Gasteiger partial charge < -0.3 is 4.74 Å². The number of hydrogen-bond acceptors (Lipinski definition) is 2. The summed E-state index contributed by atoms with van der Waals surface area (Å²) in [7, 11) is 0. The van der Waals surface area contributed by atoms with Crippen molar-refractivity contribution in [2.75, 3.05) is 6.61 Å². The van der Waals surface area contributed by atoms with E-state index < -0.39 is 0 Å². The molecule has 0 rings (SSSR count). The van der Waals surface area contributed by atoms with E-state index in [4.69, 9.17) is 4.74 Å². The molecule has 0 amide bonds. The minimum absolute atomic E-state index is 0.00694. The molecule has 0 aliphatic carbocycles. The summed E-state index contributed by atoms with van der Waals surface area (Å²) in [4.78, 5) is 12.1. The van der Waals surface area contributed by atoms with Gasteiger partial charge in [0.1, 0.15) is 0 Å². The predicted molar refractivity (Wildman–Crippen MR) is 114 cm³/mol. The molecule has 2 heteroatoms. The fourth-order valence-electron chi connectivity index (χ4n) is 3.66. The van der Waals surface area contributed by atoms with Crippen molar-refractivity contribution in [2.24, 2.45) is 22.2 Å². The van der Waals surface area contributed by atoms with Gasteiger partial charge in [0.15, 0.2) is 0 Å². The van der Waals surface area contributed by atoms with E-state index in [2.05, 4.69) is 62.3 Å². The van der Waals surface area contributed by atoms with Crippen LogP contribution in [0.1, 0.15) is 120 Å². The number of ether oxygens (including phenoxy) is 1. The summed E-state index contributed by atoms with van der Waals surface area (Å²) >= 11 is 0. The lowest BCUT2D eigenvalue weighted by atomic mass is 9.77. The second-order valence-electron chi connectivity index (χ2n) is 11.9. The normalized spacial score (nSPS) is 13.3. The van der Waals surface area contributed by atoms with Crippen molar-refractivity contribution in [2.45, 2.75) is 120 Å². The Labute approximate surface area is 164 Å². The fourth-order valence-corrected chi connectivity index (χ4v) is 3.66. The molecule has 0 radical (unpaired) electrons. The van der Waals surface area contributed by atoms with Crippen LogP contribution in [-0.4, -0.2) is 12.6 Å². The molecule has 0 saturated carbocycles. The Hall–Kier alpha value is -0.530. The van der Waals surface area contributed by atoms with E-state index in [1.807, 2.05) is 0 Å². The lowest BCUT2D eigenvalue weighted by Gasteiger charge is -2.30. The van der Waals surface area contributed by atoms with Gasteiger partial charge in [0.25, 0.3) is 0 Å². The van der Waals surface area contributed by atoms with E-state index in [9.17, 15) is 4.79 Å². The molecule has 0 atom stereocenters. The van der Waals surface area contributed by atoms with Crippen molar-refractivity contribution >= 4 is 5.97 Å². The highest BCUT2D eigenvalue weighted by Crippen LogP contribution is 2.33. The molecule has 26 heavy (non-hydrogen) atoms. The van der Waals surface area contributed by atoms with E-state index in [1.54, 1.807) is 0 Å². The third kappa shape index (κ3) is 18.3. The Bertz CT molecular complexity index is 360. The maximum absolute atomic E-state index is 12.1. The van der Waals surface area contributed by atoms with Gasteiger partial charge in [-0.05, 0) is 47.8 Å². The molecular formula is C24H48O2. The zero-order chi connectivity index (χ0) is 20.4. The van der Waals surface area contributed by atoms with E-state index in [-0.39, 0.29) is 16.8 Å². The summed E-state index contributed by atoms with van der Waals surface area (Å²) in [5, 5.41) is 0. The Morgan fingerprint density at radius 3 is 1.62 bits per heavy atom. The van der Waals surface area contributed by atoms with Crippen LogP contribution in [0.15, 0.2) is 0 Å². The molecule has 0 aromatic heterocycles. The summed E-state index contributed by atoms with van der Waals surface area (Å²) in [5.74, 6) is 0.448. The molecule has 0 aliphatic heterocycles. The maximum atomic E-state index is 12.1. The lowest BCUT2D eigenvalue weighted by molar-refractivity contribution is -0.145. The molecule has 0 N–H and O–H groups in total. The van der Waals surface area contributed by atoms with E-state index >= 15 is 0 Å². The van der Waals surface area contributed by atoms with Gasteiger partial charge in [-0.15, -0.1) is 0 Å². The SMILES string of the molecule is CC(C)(C)CCCCCCCC(=O)OCC(CC(C)(C)C)CC(C)(C)C. The van der Waals surface area contributed by atoms with Crippen molar-refractivity contribution in [1.29, 1.82) is 0 Å². The van der Waals surface area contributed by atoms with Gasteiger partial charge in [-0.3, -0.25) is 4.79 Å². The van der Waals surface area contributed by atoms with Gasteiger partial charge in [0, 0.05) is 6.42 Å². The first-order valence-electron chi connectivity index (χ1n) is 10.8. The van der Waals surface area contributed by atoms with Crippen molar-refractivity contribution < 1.29 is 9.53 Å². The molecule has 0 bridgehead atoms. The minimum atomic E-state index is -0.00694. The van der Waals surface area contributed by atoms with Gasteiger partial charge in [-0.2, -0.15) is 0 Å². The smallest absolute Gasteiger partial charge is 0.305 e. The second-order valence-corrected chi connectivity index (χ2v) is 11.9. The van der Waals surface area contributed by atoms with Crippen LogP contribution in [0.25, 0.3) is 0 Å². The summed E-state index contributed by atoms with van der Waals surface area (Å²) in [5.41, 5.74) is 0.991. The van der Waals surface area contributed by atoms with Crippen LogP contribution in [0, 0.1) is 22.2 Å². The molecule has 0 aromatic carbocycles. The minimum Gasteiger partial charge on any atom is -0.465 e. The van der Waals surface area contributed by atoms with Crippen LogP contribution in [0.4, 0.5) is 0 Å². The lowest BCUT2D eigenvalue weighted by Crippen LogP contribution is -2.24. The fraction of sp³-hybridized carbons (Fsp3) is 0.958. The van der Waals surface area contributed by atoms with Gasteiger partial charge >= 0.3 is 5.97 Å². The third-order valence-electron chi connectivity index (χ3n) is 4.59. The number of rotatable bonds is 11. The van der Waals surface area contributed by atoms with Gasteiger partial charge in [0.05, 0.1) is 6.61 Å². The molecular weight excluding hydrogens is 320 g/mol. The van der Waals surface area contributed by atoms with Crippen molar-refractivity contribution in [3.8, 4) is 0 Å². The van der Waals surface area contributed by atoms with Crippen LogP contribution in [0.3, 0.4) is 0 Å². The number of carbonyl (C=O) groups excluding carboxylic acids is 1. The molecule has 0 spiro atoms. The van der Waals surface area contributed by atoms with Gasteiger partial charge in [0.2, 0.25) is 0 Å². The van der Waals surface area contributed by atoms with Crippen LogP contribution < -0.4 is 0 Å². The van der Waals surface area contributed by atoms with Crippen LogP contribution >= 0.6 is 0 Å². The standard InChI is InChI=1S/C24H48O2/c1-22(2,3)16-14-12-10-11-13-15-21(25)26-19-20(17-23(4,5)6)18-24(7,8)9/h20H,10-19H2,1-9H3. The van der Waals surface area contributed by atoms with E-state index in [0.717, 1.165) is 25.7 Å². The highest BCUT2D eigenvalue weighted by atomic mass is 16.5. The number of hydrogen-bond donors (Lipinski definition) is 0. The molecule has 0 heterocycles. The molecule has 2 nitrogen and oxygen atoms in total. The molecule has 0 aliphatic rings. The molecule has 156 valence electrons. The van der Waals surface area contributed by atoms with Crippen molar-refractivity contribution in [3.05, 3.63) is 0 Å². The number of carbonyl (C=O) groups is 1. The Kier molecular flexibility index (Phi) is 11.1. The van der Waals surface area contributed by atoms with Crippen LogP contribution in [0.2, 0.25) is 0 Å². The van der Waals surface area contributed by atoms with Crippen LogP contribution in [-0.2, 0) is 9.53 Å². The predicted octanol–water partition coefficient (Wildman–Crippen LogP) is 7.80. The largest absolute Gasteiger partial charge is 0.465 e. The maximum Gasteiger partial charge on any atom is 0.305 e. The third-order valence-corrected chi connectivity index (χ3v) is 4.59. The van der Waals surface area contributed by atoms with Crippen molar-refractivity contribution in [1.82, 2.24) is 0 Å². The zero-order valence-electron chi connectivity index (χ0n) is 19.5. The molecule has 0 saturated heterocycles. The Balaban J connectivity index is 3.98. The highest BCUT2D eigenvalue weighted by Gasteiger charge is 2.25. The first-order chi connectivity index (χ1) is 11.7. The summed E-state index contributed by atoms with van der Waals surface area (Å²) < 4.78 is 5.63. The quantitative estimate of drug-likeness (QED) is 0.275.